The van der Waals surface area contributed by atoms with Crippen molar-refractivity contribution in [2.24, 2.45) is 0 Å². The predicted molar refractivity (Wildman–Crippen MR) is 86.3 cm³/mol. The van der Waals surface area contributed by atoms with Crippen LogP contribution in [0.3, 0.4) is 0 Å². The van der Waals surface area contributed by atoms with Crippen molar-refractivity contribution < 1.29 is 13.3 Å². The largest absolute Gasteiger partial charge is 0.395 e. The molecule has 6 nitrogen and oxygen atoms in total. The van der Waals surface area contributed by atoms with E-state index in [9.17, 15) is 8.42 Å². The van der Waals surface area contributed by atoms with Crippen LogP contribution in [0.25, 0.3) is 5.70 Å². The number of sulfonamides is 1. The molecule has 2 N–H and O–H groups in total. The van der Waals surface area contributed by atoms with Gasteiger partial charge in [-0.1, -0.05) is 23.8 Å². The molecule has 22 heavy (non-hydrogen) atoms. The average molecular weight is 337 g/mol. The topological polar surface area (TPSA) is 70.7 Å². The van der Waals surface area contributed by atoms with Crippen LogP contribution in [0, 0.1) is 6.92 Å². The summed E-state index contributed by atoms with van der Waals surface area (Å²) in [6, 6.07) is 10.6. The molecule has 1 aliphatic rings. The number of hydrogen-bond donors (Lipinski definition) is 2. The summed E-state index contributed by atoms with van der Waals surface area (Å²) in [5.74, 6) is 0. The molecular weight excluding hydrogens is 322 g/mol. The zero-order valence-electron chi connectivity index (χ0n) is 12.0. The van der Waals surface area contributed by atoms with E-state index in [-0.39, 0.29) is 0 Å². The van der Waals surface area contributed by atoms with Crippen LogP contribution in [0.5, 0.6) is 0 Å². The molecule has 3 rings (SSSR count). The molecule has 0 spiro atoms. The molecule has 1 aromatic carbocycles. The number of nitrogens with zero attached hydrogens (tertiary/aromatic N) is 1. The van der Waals surface area contributed by atoms with E-state index in [2.05, 4.69) is 10.3 Å². The van der Waals surface area contributed by atoms with Crippen LogP contribution in [-0.2, 0) is 14.9 Å². The van der Waals surface area contributed by atoms with E-state index in [1.54, 1.807) is 36.3 Å². The first kappa shape index (κ1) is 14.9. The molecule has 8 heteroatoms. The summed E-state index contributed by atoms with van der Waals surface area (Å²) >= 11 is 1.24. The summed E-state index contributed by atoms with van der Waals surface area (Å²) in [5.41, 5.74) is 4.62. The van der Waals surface area contributed by atoms with Gasteiger partial charge < -0.3 is 4.84 Å². The summed E-state index contributed by atoms with van der Waals surface area (Å²) in [7, 11) is -1.82. The fourth-order valence-corrected chi connectivity index (χ4v) is 4.44. The minimum Gasteiger partial charge on any atom is -0.395 e. The maximum atomic E-state index is 12.5. The van der Waals surface area contributed by atoms with Crippen molar-refractivity contribution in [3.63, 3.8) is 0 Å². The van der Waals surface area contributed by atoms with E-state index in [1.807, 2.05) is 19.1 Å². The third kappa shape index (κ3) is 2.80. The van der Waals surface area contributed by atoms with Crippen LogP contribution in [0.15, 0.2) is 46.9 Å². The molecule has 0 saturated carbocycles. The van der Waals surface area contributed by atoms with Crippen molar-refractivity contribution in [2.45, 2.75) is 11.1 Å². The van der Waals surface area contributed by atoms with Crippen LogP contribution in [0.1, 0.15) is 10.4 Å². The van der Waals surface area contributed by atoms with E-state index in [0.717, 1.165) is 16.1 Å². The monoisotopic (exact) mass is 337 g/mol. The quantitative estimate of drug-likeness (QED) is 0.897. The second kappa shape index (κ2) is 5.64. The van der Waals surface area contributed by atoms with Crippen molar-refractivity contribution in [1.29, 1.82) is 0 Å². The Morgan fingerprint density at radius 3 is 2.64 bits per heavy atom. The lowest BCUT2D eigenvalue weighted by Gasteiger charge is -2.17. The van der Waals surface area contributed by atoms with Crippen LogP contribution in [-0.4, -0.2) is 20.5 Å². The Kier molecular flexibility index (Phi) is 3.81. The lowest BCUT2D eigenvalue weighted by Crippen LogP contribution is -2.26. The van der Waals surface area contributed by atoms with Crippen LogP contribution < -0.4 is 10.3 Å². The minimum atomic E-state index is -3.60. The van der Waals surface area contributed by atoms with Gasteiger partial charge in [-0.3, -0.25) is 9.73 Å². The maximum absolute atomic E-state index is 12.5. The molecule has 0 radical (unpaired) electrons. The molecule has 0 amide bonds. The highest BCUT2D eigenvalue weighted by Crippen LogP contribution is 2.30. The minimum absolute atomic E-state index is 0.294. The van der Waals surface area contributed by atoms with Crippen molar-refractivity contribution in [3.05, 3.63) is 53.1 Å². The summed E-state index contributed by atoms with van der Waals surface area (Å²) in [6.07, 6.45) is 1.53. The molecule has 2 heterocycles. The SMILES string of the molecule is Cc1ccc(S(=O)(=O)Nc2ccccc2C2=CONN2C)s1. The molecule has 0 aliphatic carbocycles. The zero-order valence-corrected chi connectivity index (χ0v) is 13.7. The van der Waals surface area contributed by atoms with Gasteiger partial charge in [-0.2, -0.15) is 0 Å². The van der Waals surface area contributed by atoms with Crippen LogP contribution in [0.2, 0.25) is 0 Å². The lowest BCUT2D eigenvalue weighted by molar-refractivity contribution is 0.0553. The first-order valence-electron chi connectivity index (χ1n) is 6.51. The second-order valence-electron chi connectivity index (χ2n) is 4.79. The maximum Gasteiger partial charge on any atom is 0.271 e. The van der Waals surface area contributed by atoms with Gasteiger partial charge in [0.1, 0.15) is 16.2 Å². The normalized spacial score (nSPS) is 14.6. The first-order valence-corrected chi connectivity index (χ1v) is 8.81. The molecule has 116 valence electrons. The summed E-state index contributed by atoms with van der Waals surface area (Å²) < 4.78 is 27.9. The van der Waals surface area contributed by atoms with E-state index in [1.165, 1.54) is 17.6 Å². The summed E-state index contributed by atoms with van der Waals surface area (Å²) in [4.78, 5) is 5.98. The number of hydrogen-bond acceptors (Lipinski definition) is 6. The zero-order chi connectivity index (χ0) is 15.7. The molecule has 0 saturated heterocycles. The van der Waals surface area contributed by atoms with Gasteiger partial charge in [-0.15, -0.1) is 11.3 Å². The molecule has 1 aliphatic heterocycles. The molecule has 0 unspecified atom stereocenters. The number of para-hydroxylation sites is 1. The summed E-state index contributed by atoms with van der Waals surface area (Å²) in [5, 5.41) is 1.67. The summed E-state index contributed by atoms with van der Waals surface area (Å²) in [6.45, 7) is 1.87. The van der Waals surface area contributed by atoms with E-state index in [0.29, 0.717) is 9.90 Å². The molecule has 2 aromatic rings. The van der Waals surface area contributed by atoms with Crippen molar-refractivity contribution in [1.82, 2.24) is 10.6 Å². The first-order chi connectivity index (χ1) is 10.5. The highest BCUT2D eigenvalue weighted by Gasteiger charge is 2.21. The van der Waals surface area contributed by atoms with Crippen LogP contribution in [0.4, 0.5) is 5.69 Å². The predicted octanol–water partition coefficient (Wildman–Crippen LogP) is 2.54. The van der Waals surface area contributed by atoms with Gasteiger partial charge in [0.15, 0.2) is 0 Å². The standard InChI is InChI=1S/C14H15N3O3S2/c1-10-7-8-14(21-10)22(18,19)15-12-6-4-3-5-11(12)13-9-20-16-17(13)2/h3-9,15-16H,1-2H3. The van der Waals surface area contributed by atoms with E-state index < -0.39 is 10.0 Å². The fraction of sp³-hybridized carbons (Fsp3) is 0.143. The number of benzene rings is 1. The van der Waals surface area contributed by atoms with Gasteiger partial charge in [0.25, 0.3) is 10.0 Å². The Morgan fingerprint density at radius 1 is 1.23 bits per heavy atom. The van der Waals surface area contributed by atoms with Gasteiger partial charge in [0.05, 0.1) is 5.69 Å². The van der Waals surface area contributed by atoms with E-state index >= 15 is 0 Å². The van der Waals surface area contributed by atoms with Gasteiger partial charge >= 0.3 is 0 Å². The Labute approximate surface area is 133 Å². The number of thiophene rings is 1. The average Bonchev–Trinajstić information content (AvgIpc) is 3.08. The number of hydrazine groups is 1. The van der Waals surface area contributed by atoms with Gasteiger partial charge in [-0.25, -0.2) is 8.42 Å². The molecule has 1 aromatic heterocycles. The van der Waals surface area contributed by atoms with Crippen LogP contribution >= 0.6 is 11.3 Å². The molecule has 0 fully saturated rings. The Hall–Kier alpha value is -2.03. The molecule has 0 atom stereocenters. The molecule has 0 bridgehead atoms. The highest BCUT2D eigenvalue weighted by atomic mass is 32.2. The third-order valence-electron chi connectivity index (χ3n) is 3.15. The lowest BCUT2D eigenvalue weighted by atomic mass is 10.1. The Balaban J connectivity index is 1.96. The van der Waals surface area contributed by atoms with Gasteiger partial charge in [-0.05, 0) is 25.1 Å². The smallest absolute Gasteiger partial charge is 0.271 e. The molecular formula is C14H15N3O3S2. The van der Waals surface area contributed by atoms with Gasteiger partial charge in [0, 0.05) is 17.5 Å². The number of nitrogens with one attached hydrogen (secondary N) is 2. The van der Waals surface area contributed by atoms with E-state index in [4.69, 9.17) is 4.84 Å². The van der Waals surface area contributed by atoms with Crippen molar-refractivity contribution in [3.8, 4) is 0 Å². The van der Waals surface area contributed by atoms with Crippen molar-refractivity contribution in [2.75, 3.05) is 11.8 Å². The second-order valence-corrected chi connectivity index (χ2v) is 7.98. The fourth-order valence-electron chi connectivity index (χ4n) is 2.08. The number of aryl methyl sites for hydroxylation is 1. The highest BCUT2D eigenvalue weighted by molar-refractivity contribution is 7.94. The Morgan fingerprint density at radius 2 is 2.00 bits per heavy atom. The Bertz CT molecular complexity index is 827. The van der Waals surface area contributed by atoms with Crippen molar-refractivity contribution >= 4 is 32.7 Å². The van der Waals surface area contributed by atoms with Gasteiger partial charge in [0.2, 0.25) is 0 Å². The third-order valence-corrected chi connectivity index (χ3v) is 6.01. The number of rotatable bonds is 4. The number of anilines is 1.